The molecule has 7 heteroatoms. The standard InChI is InChI=1S/C14H17ClN2O4/c1-2-3-4-5-8-16-13(18)21-17-11-9-10(15)6-7-12(11)20-14(17)19/h6-7,9H,2-5,8H2,1H3,(H,16,18). The molecule has 2 aromatic rings. The second-order valence-electron chi connectivity index (χ2n) is 4.64. The van der Waals surface area contributed by atoms with Gasteiger partial charge in [-0.2, -0.15) is 0 Å². The summed E-state index contributed by atoms with van der Waals surface area (Å²) in [7, 11) is 0. The average molecular weight is 313 g/mol. The van der Waals surface area contributed by atoms with Crippen molar-refractivity contribution >= 4 is 28.8 Å². The Kier molecular flexibility index (Phi) is 5.27. The van der Waals surface area contributed by atoms with Crippen molar-refractivity contribution in [2.75, 3.05) is 6.54 Å². The maximum Gasteiger partial charge on any atom is 0.453 e. The lowest BCUT2D eigenvalue weighted by Gasteiger charge is -2.05. The van der Waals surface area contributed by atoms with E-state index in [9.17, 15) is 9.59 Å². The van der Waals surface area contributed by atoms with Crippen LogP contribution >= 0.6 is 11.6 Å². The third kappa shape index (κ3) is 4.01. The molecular formula is C14H17ClN2O4. The normalized spacial score (nSPS) is 10.8. The van der Waals surface area contributed by atoms with Gasteiger partial charge in [0.05, 0.1) is 0 Å². The first-order chi connectivity index (χ1) is 10.1. The minimum atomic E-state index is -0.770. The second-order valence-corrected chi connectivity index (χ2v) is 5.08. The maximum atomic E-state index is 11.7. The van der Waals surface area contributed by atoms with Crippen LogP contribution in [-0.2, 0) is 0 Å². The molecule has 0 atom stereocenters. The van der Waals surface area contributed by atoms with Gasteiger partial charge in [-0.3, -0.25) is 0 Å². The zero-order valence-corrected chi connectivity index (χ0v) is 12.5. The van der Waals surface area contributed by atoms with Crippen molar-refractivity contribution in [2.45, 2.75) is 32.6 Å². The minimum Gasteiger partial charge on any atom is -0.405 e. The van der Waals surface area contributed by atoms with E-state index in [4.69, 9.17) is 20.9 Å². The van der Waals surface area contributed by atoms with Crippen molar-refractivity contribution in [3.63, 3.8) is 0 Å². The Bertz CT molecular complexity index is 677. The molecule has 1 aromatic carbocycles. The van der Waals surface area contributed by atoms with Crippen molar-refractivity contribution in [3.05, 3.63) is 33.8 Å². The van der Waals surface area contributed by atoms with Crippen molar-refractivity contribution < 1.29 is 14.0 Å². The number of carbonyl (C=O) groups excluding carboxylic acids is 1. The van der Waals surface area contributed by atoms with Gasteiger partial charge in [-0.05, 0) is 24.6 Å². The summed E-state index contributed by atoms with van der Waals surface area (Å²) in [6.07, 6.45) is 3.47. The number of nitrogens with one attached hydrogen (secondary N) is 1. The van der Waals surface area contributed by atoms with Gasteiger partial charge in [0, 0.05) is 11.6 Å². The first kappa shape index (κ1) is 15.4. The van der Waals surface area contributed by atoms with Gasteiger partial charge < -0.3 is 14.6 Å². The lowest BCUT2D eigenvalue weighted by atomic mass is 10.2. The van der Waals surface area contributed by atoms with Crippen LogP contribution in [0.4, 0.5) is 4.79 Å². The SMILES string of the molecule is CCCCCCNC(=O)On1c(=O)oc2ccc(Cl)cc21. The van der Waals surface area contributed by atoms with E-state index in [1.165, 1.54) is 6.07 Å². The fourth-order valence-corrected chi connectivity index (χ4v) is 2.08. The zero-order chi connectivity index (χ0) is 15.2. The van der Waals surface area contributed by atoms with Gasteiger partial charge in [0.15, 0.2) is 5.58 Å². The Morgan fingerprint density at radius 2 is 2.19 bits per heavy atom. The molecular weight excluding hydrogens is 296 g/mol. The predicted molar refractivity (Wildman–Crippen MR) is 79.6 cm³/mol. The predicted octanol–water partition coefficient (Wildman–Crippen LogP) is 2.97. The van der Waals surface area contributed by atoms with Crippen molar-refractivity contribution in [2.24, 2.45) is 0 Å². The van der Waals surface area contributed by atoms with Crippen LogP contribution in [0.1, 0.15) is 32.6 Å². The average Bonchev–Trinajstić information content (AvgIpc) is 2.75. The molecule has 114 valence electrons. The molecule has 1 aromatic heterocycles. The number of fused-ring (bicyclic) bond motifs is 1. The van der Waals surface area contributed by atoms with E-state index in [2.05, 4.69) is 12.2 Å². The fraction of sp³-hybridized carbons (Fsp3) is 0.429. The van der Waals surface area contributed by atoms with E-state index in [-0.39, 0.29) is 0 Å². The molecule has 0 aliphatic heterocycles. The summed E-state index contributed by atoms with van der Waals surface area (Å²) in [5.74, 6) is -0.770. The number of unbranched alkanes of at least 4 members (excludes halogenated alkanes) is 3. The number of hydrogen-bond acceptors (Lipinski definition) is 4. The Morgan fingerprint density at radius 3 is 2.95 bits per heavy atom. The van der Waals surface area contributed by atoms with Crippen LogP contribution in [-0.4, -0.2) is 17.4 Å². The lowest BCUT2D eigenvalue weighted by molar-refractivity contribution is 0.128. The summed E-state index contributed by atoms with van der Waals surface area (Å²) in [5.41, 5.74) is 0.619. The molecule has 1 amide bonds. The van der Waals surface area contributed by atoms with Crippen LogP contribution in [0.2, 0.25) is 5.02 Å². The number of aromatic nitrogens is 1. The number of nitrogens with zero attached hydrogens (tertiary/aromatic N) is 1. The molecule has 21 heavy (non-hydrogen) atoms. The lowest BCUT2D eigenvalue weighted by Crippen LogP contribution is -2.36. The number of rotatable bonds is 6. The highest BCUT2D eigenvalue weighted by Crippen LogP contribution is 2.17. The molecule has 0 aliphatic carbocycles. The minimum absolute atomic E-state index is 0.306. The molecule has 0 bridgehead atoms. The summed E-state index contributed by atoms with van der Waals surface area (Å²) in [4.78, 5) is 28.3. The molecule has 1 heterocycles. The van der Waals surface area contributed by atoms with Crippen LogP contribution in [0, 0.1) is 0 Å². The summed E-state index contributed by atoms with van der Waals surface area (Å²) in [6, 6.07) is 4.63. The molecule has 0 aliphatic rings. The van der Waals surface area contributed by atoms with Gasteiger partial charge in [-0.15, -0.1) is 0 Å². The Morgan fingerprint density at radius 1 is 1.38 bits per heavy atom. The number of amides is 1. The summed E-state index contributed by atoms with van der Waals surface area (Å²) >= 11 is 5.86. The van der Waals surface area contributed by atoms with Crippen molar-refractivity contribution in [1.29, 1.82) is 0 Å². The number of carbonyl (C=O) groups is 1. The molecule has 1 N–H and O–H groups in total. The van der Waals surface area contributed by atoms with E-state index in [0.29, 0.717) is 22.7 Å². The van der Waals surface area contributed by atoms with Crippen LogP contribution in [0.5, 0.6) is 0 Å². The highest BCUT2D eigenvalue weighted by atomic mass is 35.5. The fourth-order valence-electron chi connectivity index (χ4n) is 1.91. The molecule has 6 nitrogen and oxygen atoms in total. The third-order valence-corrected chi connectivity index (χ3v) is 3.21. The van der Waals surface area contributed by atoms with Crippen LogP contribution in [0.25, 0.3) is 11.1 Å². The summed E-state index contributed by atoms with van der Waals surface area (Å²) in [6.45, 7) is 2.62. The van der Waals surface area contributed by atoms with Crippen LogP contribution in [0.15, 0.2) is 27.4 Å². The van der Waals surface area contributed by atoms with Gasteiger partial charge >= 0.3 is 11.8 Å². The summed E-state index contributed by atoms with van der Waals surface area (Å²) < 4.78 is 5.75. The van der Waals surface area contributed by atoms with Crippen LogP contribution in [0.3, 0.4) is 0 Å². The zero-order valence-electron chi connectivity index (χ0n) is 11.7. The number of halogens is 1. The third-order valence-electron chi connectivity index (χ3n) is 2.98. The highest BCUT2D eigenvalue weighted by molar-refractivity contribution is 6.31. The van der Waals surface area contributed by atoms with Gasteiger partial charge in [0.25, 0.3) is 0 Å². The quantitative estimate of drug-likeness (QED) is 0.832. The monoisotopic (exact) mass is 312 g/mol. The largest absolute Gasteiger partial charge is 0.453 e. The second kappa shape index (κ2) is 7.17. The summed E-state index contributed by atoms with van der Waals surface area (Å²) in [5, 5.41) is 3.01. The number of hydrogen-bond donors (Lipinski definition) is 1. The van der Waals surface area contributed by atoms with Crippen LogP contribution < -0.4 is 15.9 Å². The van der Waals surface area contributed by atoms with Gasteiger partial charge in [-0.25, -0.2) is 9.59 Å². The molecule has 0 saturated heterocycles. The molecule has 0 spiro atoms. The van der Waals surface area contributed by atoms with Gasteiger partial charge in [0.2, 0.25) is 0 Å². The number of oxazole rings is 1. The Balaban J connectivity index is 1.99. The Hall–Kier alpha value is -1.95. The van der Waals surface area contributed by atoms with E-state index < -0.39 is 11.8 Å². The molecule has 0 radical (unpaired) electrons. The van der Waals surface area contributed by atoms with E-state index >= 15 is 0 Å². The maximum absolute atomic E-state index is 11.7. The van der Waals surface area contributed by atoms with E-state index in [0.717, 1.165) is 30.4 Å². The van der Waals surface area contributed by atoms with E-state index in [1.807, 2.05) is 0 Å². The first-order valence-electron chi connectivity index (χ1n) is 6.89. The first-order valence-corrected chi connectivity index (χ1v) is 7.27. The highest BCUT2D eigenvalue weighted by Gasteiger charge is 2.14. The van der Waals surface area contributed by atoms with Crippen molar-refractivity contribution in [3.8, 4) is 0 Å². The topological polar surface area (TPSA) is 73.5 Å². The molecule has 0 fully saturated rings. The molecule has 0 unspecified atom stereocenters. The van der Waals surface area contributed by atoms with E-state index in [1.54, 1.807) is 12.1 Å². The Labute approximate surface area is 126 Å². The number of benzene rings is 1. The van der Waals surface area contributed by atoms with Crippen molar-refractivity contribution in [1.82, 2.24) is 10.0 Å². The molecule has 0 saturated carbocycles. The van der Waals surface area contributed by atoms with Gasteiger partial charge in [-0.1, -0.05) is 42.5 Å². The molecule has 2 rings (SSSR count). The smallest absolute Gasteiger partial charge is 0.405 e. The van der Waals surface area contributed by atoms with Gasteiger partial charge in [0.1, 0.15) is 5.52 Å².